The van der Waals surface area contributed by atoms with Gasteiger partial charge in [0.2, 0.25) is 0 Å². The van der Waals surface area contributed by atoms with E-state index in [-0.39, 0.29) is 16.7 Å². The van der Waals surface area contributed by atoms with Gasteiger partial charge in [0.1, 0.15) is 17.1 Å². The zero-order chi connectivity index (χ0) is 20.1. The van der Waals surface area contributed by atoms with Crippen LogP contribution in [0.25, 0.3) is 27.6 Å². The second kappa shape index (κ2) is 6.53. The maximum absolute atomic E-state index is 13.7. The summed E-state index contributed by atoms with van der Waals surface area (Å²) in [6.45, 7) is 0. The molecule has 0 aliphatic carbocycles. The number of hydrogen-bond acceptors (Lipinski definition) is 3. The number of ether oxygens (including phenoxy) is 1. The third kappa shape index (κ3) is 3.07. The van der Waals surface area contributed by atoms with Crippen molar-refractivity contribution in [2.24, 2.45) is 0 Å². The van der Waals surface area contributed by atoms with E-state index >= 15 is 0 Å². The predicted octanol–water partition coefficient (Wildman–Crippen LogP) is 5.22. The fourth-order valence-corrected chi connectivity index (χ4v) is 3.18. The van der Waals surface area contributed by atoms with Crippen LogP contribution in [0, 0.1) is 0 Å². The van der Waals surface area contributed by atoms with Crippen LogP contribution in [0.1, 0.15) is 5.69 Å². The Morgan fingerprint density at radius 3 is 2.39 bits per heavy atom. The van der Waals surface area contributed by atoms with E-state index in [2.05, 4.69) is 4.98 Å². The molecule has 2 aromatic heterocycles. The smallest absolute Gasteiger partial charge is 0.431 e. The van der Waals surface area contributed by atoms with Gasteiger partial charge in [-0.15, -0.1) is 0 Å². The van der Waals surface area contributed by atoms with Gasteiger partial charge in [-0.05, 0) is 42.5 Å². The van der Waals surface area contributed by atoms with Gasteiger partial charge in [-0.2, -0.15) is 13.2 Å². The summed E-state index contributed by atoms with van der Waals surface area (Å²) in [5.41, 5.74) is -1.35. The first-order valence-corrected chi connectivity index (χ1v) is 8.53. The highest BCUT2D eigenvalue weighted by Gasteiger charge is 2.36. The van der Waals surface area contributed by atoms with Crippen molar-refractivity contribution in [1.29, 1.82) is 0 Å². The summed E-state index contributed by atoms with van der Waals surface area (Å²) in [6.07, 6.45) is -4.75. The van der Waals surface area contributed by atoms with Gasteiger partial charge in [0, 0.05) is 28.2 Å². The molecule has 0 saturated heterocycles. The van der Waals surface area contributed by atoms with Gasteiger partial charge in [-0.3, -0.25) is 9.36 Å². The molecule has 0 atom stereocenters. The van der Waals surface area contributed by atoms with Gasteiger partial charge in [-0.25, -0.2) is 4.98 Å². The van der Waals surface area contributed by atoms with E-state index in [4.69, 9.17) is 16.3 Å². The van der Waals surface area contributed by atoms with Gasteiger partial charge >= 0.3 is 6.18 Å². The number of methoxy groups -OCH3 is 1. The minimum atomic E-state index is -4.75. The molecule has 0 bridgehead atoms. The third-order valence-electron chi connectivity index (χ3n) is 4.37. The third-order valence-corrected chi connectivity index (χ3v) is 4.62. The molecular weight excluding hydrogens is 393 g/mol. The normalized spacial score (nSPS) is 11.9. The summed E-state index contributed by atoms with van der Waals surface area (Å²) < 4.78 is 47.2. The van der Waals surface area contributed by atoms with Crippen LogP contribution in [-0.2, 0) is 6.18 Å². The number of nitrogens with zero attached hydrogens (tertiary/aromatic N) is 2. The molecule has 0 saturated carbocycles. The maximum atomic E-state index is 13.7. The monoisotopic (exact) mass is 404 g/mol. The van der Waals surface area contributed by atoms with E-state index in [1.165, 1.54) is 37.4 Å². The lowest BCUT2D eigenvalue weighted by Crippen LogP contribution is -2.21. The van der Waals surface area contributed by atoms with Crippen molar-refractivity contribution < 1.29 is 17.9 Å². The topological polar surface area (TPSA) is 44.1 Å². The highest BCUT2D eigenvalue weighted by molar-refractivity contribution is 6.30. The standard InChI is InChI=1S/C20H12ClF3N2O2/c1-28-14-7-2-11-8-15-17(27)10-18(20(22,23)24)26(19(15)25-16(11)9-14)13-5-3-12(21)4-6-13/h2-10H,1H3. The zero-order valence-corrected chi connectivity index (χ0v) is 15.2. The molecule has 4 aromatic rings. The Hall–Kier alpha value is -3.06. The van der Waals surface area contributed by atoms with Crippen molar-refractivity contribution in [1.82, 2.24) is 9.55 Å². The number of aromatic nitrogens is 2. The zero-order valence-electron chi connectivity index (χ0n) is 14.4. The van der Waals surface area contributed by atoms with Crippen LogP contribution in [0.5, 0.6) is 5.75 Å². The average Bonchev–Trinajstić information content (AvgIpc) is 2.66. The Morgan fingerprint density at radius 1 is 1.04 bits per heavy atom. The first-order valence-electron chi connectivity index (χ1n) is 8.15. The number of fused-ring (bicyclic) bond motifs is 2. The molecule has 0 spiro atoms. The van der Waals surface area contributed by atoms with E-state index < -0.39 is 17.3 Å². The average molecular weight is 405 g/mol. The second-order valence-electron chi connectivity index (χ2n) is 6.12. The molecule has 0 amide bonds. The van der Waals surface area contributed by atoms with Crippen LogP contribution in [0.2, 0.25) is 5.02 Å². The number of hydrogen-bond donors (Lipinski definition) is 0. The highest BCUT2D eigenvalue weighted by atomic mass is 35.5. The molecule has 0 fully saturated rings. The van der Waals surface area contributed by atoms with Crippen molar-refractivity contribution in [2.45, 2.75) is 6.18 Å². The van der Waals surface area contributed by atoms with E-state index in [1.54, 1.807) is 18.2 Å². The van der Waals surface area contributed by atoms with E-state index in [9.17, 15) is 18.0 Å². The molecule has 0 unspecified atom stereocenters. The molecule has 2 heterocycles. The first kappa shape index (κ1) is 18.3. The summed E-state index contributed by atoms with van der Waals surface area (Å²) in [4.78, 5) is 16.8. The Kier molecular flexibility index (Phi) is 4.27. The Balaban J connectivity index is 2.17. The van der Waals surface area contributed by atoms with Gasteiger partial charge in [-0.1, -0.05) is 11.6 Å². The lowest BCUT2D eigenvalue weighted by atomic mass is 10.1. The van der Waals surface area contributed by atoms with Crippen LogP contribution in [-0.4, -0.2) is 16.7 Å². The van der Waals surface area contributed by atoms with Crippen molar-refractivity contribution in [3.05, 3.63) is 75.5 Å². The molecular formula is C20H12ClF3N2O2. The van der Waals surface area contributed by atoms with Crippen LogP contribution in [0.3, 0.4) is 0 Å². The fourth-order valence-electron chi connectivity index (χ4n) is 3.06. The molecule has 0 aliphatic heterocycles. The molecule has 2 aromatic carbocycles. The predicted molar refractivity (Wildman–Crippen MR) is 101 cm³/mol. The Labute approximate surface area is 161 Å². The number of rotatable bonds is 2. The van der Waals surface area contributed by atoms with E-state index in [0.717, 1.165) is 4.57 Å². The van der Waals surface area contributed by atoms with Crippen LogP contribution in [0.15, 0.2) is 59.4 Å². The molecule has 0 aliphatic rings. The van der Waals surface area contributed by atoms with Gasteiger partial charge in [0.15, 0.2) is 5.43 Å². The Bertz CT molecular complexity index is 1270. The van der Waals surface area contributed by atoms with Gasteiger partial charge in [0.05, 0.1) is 18.0 Å². The second-order valence-corrected chi connectivity index (χ2v) is 6.56. The summed E-state index contributed by atoms with van der Waals surface area (Å²) in [5, 5.41) is 1.08. The minimum absolute atomic E-state index is 0.0839. The van der Waals surface area contributed by atoms with E-state index in [0.29, 0.717) is 27.7 Å². The molecule has 142 valence electrons. The lowest BCUT2D eigenvalue weighted by Gasteiger charge is -2.18. The van der Waals surface area contributed by atoms with Crippen molar-refractivity contribution in [3.63, 3.8) is 0 Å². The SMILES string of the molecule is COc1ccc2cc3c(=O)cc(C(F)(F)F)n(-c4ccc(Cl)cc4)c3nc2c1. The Morgan fingerprint density at radius 2 is 1.75 bits per heavy atom. The number of pyridine rings is 2. The molecule has 8 heteroatoms. The van der Waals surface area contributed by atoms with Gasteiger partial charge in [0.25, 0.3) is 0 Å². The number of benzene rings is 2. The number of alkyl halides is 3. The van der Waals surface area contributed by atoms with Crippen LogP contribution < -0.4 is 10.2 Å². The van der Waals surface area contributed by atoms with Crippen molar-refractivity contribution in [2.75, 3.05) is 7.11 Å². The molecule has 0 N–H and O–H groups in total. The molecule has 4 rings (SSSR count). The summed E-state index contributed by atoms with van der Waals surface area (Å²) in [6, 6.07) is 13.0. The van der Waals surface area contributed by atoms with Crippen LogP contribution in [0.4, 0.5) is 13.2 Å². The van der Waals surface area contributed by atoms with Gasteiger partial charge < -0.3 is 4.74 Å². The summed E-state index contributed by atoms with van der Waals surface area (Å²) in [7, 11) is 1.48. The number of halogens is 4. The molecule has 0 radical (unpaired) electrons. The quantitative estimate of drug-likeness (QED) is 0.430. The largest absolute Gasteiger partial charge is 0.497 e. The highest BCUT2D eigenvalue weighted by Crippen LogP contribution is 2.33. The summed E-state index contributed by atoms with van der Waals surface area (Å²) >= 11 is 5.87. The van der Waals surface area contributed by atoms with Crippen molar-refractivity contribution in [3.8, 4) is 11.4 Å². The first-order chi connectivity index (χ1) is 13.3. The van der Waals surface area contributed by atoms with Crippen molar-refractivity contribution >= 4 is 33.5 Å². The van der Waals surface area contributed by atoms with E-state index in [1.807, 2.05) is 0 Å². The fraction of sp³-hybridized carbons (Fsp3) is 0.100. The molecule has 4 nitrogen and oxygen atoms in total. The summed E-state index contributed by atoms with van der Waals surface area (Å²) in [5.74, 6) is 0.506. The lowest BCUT2D eigenvalue weighted by molar-refractivity contribution is -0.142. The molecule has 28 heavy (non-hydrogen) atoms. The maximum Gasteiger partial charge on any atom is 0.431 e. The van der Waals surface area contributed by atoms with Crippen LogP contribution >= 0.6 is 11.6 Å². The minimum Gasteiger partial charge on any atom is -0.497 e.